The Labute approximate surface area is 116 Å². The molecule has 1 saturated heterocycles. The van der Waals surface area contributed by atoms with Crippen molar-refractivity contribution in [3.05, 3.63) is 15.8 Å². The smallest absolute Gasteiger partial charge is 0.347 e. The maximum atomic E-state index is 12.7. The van der Waals surface area contributed by atoms with Gasteiger partial charge in [-0.15, -0.1) is 11.3 Å². The van der Waals surface area contributed by atoms with E-state index < -0.39 is 16.0 Å². The molecule has 7 heteroatoms. The van der Waals surface area contributed by atoms with Crippen LogP contribution in [0.5, 0.6) is 0 Å². The molecule has 1 aliphatic heterocycles. The minimum atomic E-state index is -3.70. The van der Waals surface area contributed by atoms with E-state index in [9.17, 15) is 13.2 Å². The van der Waals surface area contributed by atoms with Gasteiger partial charge in [0, 0.05) is 12.6 Å². The van der Waals surface area contributed by atoms with Crippen LogP contribution >= 0.6 is 11.3 Å². The highest BCUT2D eigenvalue weighted by Gasteiger charge is 2.38. The molecule has 1 aromatic heterocycles. The van der Waals surface area contributed by atoms with Crippen molar-refractivity contribution in [3.63, 3.8) is 0 Å². The summed E-state index contributed by atoms with van der Waals surface area (Å²) >= 11 is 0.973. The van der Waals surface area contributed by atoms with Gasteiger partial charge in [-0.3, -0.25) is 0 Å². The van der Waals surface area contributed by atoms with Gasteiger partial charge in [0.1, 0.15) is 9.77 Å². The van der Waals surface area contributed by atoms with Gasteiger partial charge in [-0.05, 0) is 37.1 Å². The number of carbonyl (C=O) groups is 1. The molecule has 1 N–H and O–H groups in total. The molecular formula is C12H17NO4S2. The molecule has 0 aliphatic carbocycles. The van der Waals surface area contributed by atoms with Crippen LogP contribution in [0.2, 0.25) is 0 Å². The summed E-state index contributed by atoms with van der Waals surface area (Å²) in [6.07, 6.45) is 2.44. The van der Waals surface area contributed by atoms with E-state index in [1.165, 1.54) is 4.31 Å². The first-order chi connectivity index (χ1) is 8.89. The van der Waals surface area contributed by atoms with Gasteiger partial charge in [0.2, 0.25) is 10.0 Å². The Morgan fingerprint density at radius 3 is 2.84 bits per heavy atom. The zero-order valence-electron chi connectivity index (χ0n) is 10.9. The lowest BCUT2D eigenvalue weighted by atomic mass is 10.2. The average Bonchev–Trinajstić information content (AvgIpc) is 2.94. The molecule has 2 rings (SSSR count). The van der Waals surface area contributed by atoms with E-state index in [2.05, 4.69) is 0 Å². The number of sulfonamides is 1. The van der Waals surface area contributed by atoms with Gasteiger partial charge in [-0.25, -0.2) is 13.2 Å². The van der Waals surface area contributed by atoms with E-state index in [0.29, 0.717) is 12.1 Å². The third-order valence-corrected chi connectivity index (χ3v) is 6.83. The molecule has 0 aromatic carbocycles. The maximum absolute atomic E-state index is 12.7. The molecule has 106 valence electrons. The Kier molecular flexibility index (Phi) is 3.98. The van der Waals surface area contributed by atoms with Gasteiger partial charge in [0.15, 0.2) is 0 Å². The van der Waals surface area contributed by atoms with Crippen LogP contribution in [-0.2, 0) is 10.0 Å². The van der Waals surface area contributed by atoms with Gasteiger partial charge in [-0.2, -0.15) is 4.31 Å². The molecule has 1 fully saturated rings. The average molecular weight is 303 g/mol. The van der Waals surface area contributed by atoms with Gasteiger partial charge >= 0.3 is 5.97 Å². The molecule has 0 amide bonds. The number of aromatic carboxylic acids is 1. The Morgan fingerprint density at radius 2 is 2.26 bits per heavy atom. The summed E-state index contributed by atoms with van der Waals surface area (Å²) in [6, 6.07) is -0.00838. The van der Waals surface area contributed by atoms with E-state index in [1.807, 2.05) is 6.92 Å². The Bertz CT molecular complexity index is 591. The first-order valence-corrected chi connectivity index (χ1v) is 8.54. The SMILES string of the molecule is CCC1CCCN1S(=O)(=O)c1c(C)csc1C(=O)O. The van der Waals surface area contributed by atoms with Gasteiger partial charge in [-0.1, -0.05) is 6.92 Å². The van der Waals surface area contributed by atoms with Gasteiger partial charge in [0.05, 0.1) is 0 Å². The number of carboxylic acid groups (broad SMARTS) is 1. The fourth-order valence-corrected chi connectivity index (χ4v) is 5.91. The van der Waals surface area contributed by atoms with Crippen molar-refractivity contribution in [2.24, 2.45) is 0 Å². The van der Waals surface area contributed by atoms with E-state index in [0.717, 1.165) is 30.6 Å². The quantitative estimate of drug-likeness (QED) is 0.926. The molecule has 0 saturated carbocycles. The fourth-order valence-electron chi connectivity index (χ4n) is 2.55. The van der Waals surface area contributed by atoms with Crippen molar-refractivity contribution in [3.8, 4) is 0 Å². The highest BCUT2D eigenvalue weighted by molar-refractivity contribution is 7.89. The molecule has 1 unspecified atom stereocenters. The van der Waals surface area contributed by atoms with Crippen LogP contribution in [0.3, 0.4) is 0 Å². The summed E-state index contributed by atoms with van der Waals surface area (Å²) in [4.78, 5) is 11.1. The molecule has 1 aromatic rings. The first-order valence-electron chi connectivity index (χ1n) is 6.22. The standard InChI is InChI=1S/C12H17NO4S2/c1-3-9-5-4-6-13(9)19(16,17)11-8(2)7-18-10(11)12(14)15/h7,9H,3-6H2,1-2H3,(H,14,15). The van der Waals surface area contributed by atoms with Crippen molar-refractivity contribution < 1.29 is 18.3 Å². The Morgan fingerprint density at radius 1 is 1.58 bits per heavy atom. The third-order valence-electron chi connectivity index (χ3n) is 3.47. The minimum absolute atomic E-state index is 0.00838. The lowest BCUT2D eigenvalue weighted by Crippen LogP contribution is -2.35. The second-order valence-electron chi connectivity index (χ2n) is 4.70. The van der Waals surface area contributed by atoms with E-state index in [4.69, 9.17) is 5.11 Å². The van der Waals surface area contributed by atoms with E-state index in [1.54, 1.807) is 12.3 Å². The fraction of sp³-hybridized carbons (Fsp3) is 0.583. The van der Waals surface area contributed by atoms with Crippen LogP contribution in [0.25, 0.3) is 0 Å². The lowest BCUT2D eigenvalue weighted by molar-refractivity contribution is 0.0698. The molecule has 1 atom stereocenters. The van der Waals surface area contributed by atoms with Crippen LogP contribution in [0, 0.1) is 6.92 Å². The van der Waals surface area contributed by atoms with Crippen molar-refractivity contribution in [2.75, 3.05) is 6.54 Å². The van der Waals surface area contributed by atoms with Crippen LogP contribution in [0.15, 0.2) is 10.3 Å². The van der Waals surface area contributed by atoms with Crippen LogP contribution < -0.4 is 0 Å². The summed E-state index contributed by atoms with van der Waals surface area (Å²) in [5.41, 5.74) is 0.518. The van der Waals surface area contributed by atoms with Crippen LogP contribution in [0.1, 0.15) is 41.4 Å². The largest absolute Gasteiger partial charge is 0.477 e. The molecule has 0 radical (unpaired) electrons. The Balaban J connectivity index is 2.51. The van der Waals surface area contributed by atoms with Crippen molar-refractivity contribution >= 4 is 27.3 Å². The molecule has 1 aliphatic rings. The lowest BCUT2D eigenvalue weighted by Gasteiger charge is -2.23. The molecule has 5 nitrogen and oxygen atoms in total. The van der Waals surface area contributed by atoms with Crippen LogP contribution in [0.4, 0.5) is 0 Å². The van der Waals surface area contributed by atoms with E-state index >= 15 is 0 Å². The minimum Gasteiger partial charge on any atom is -0.477 e. The second-order valence-corrected chi connectivity index (χ2v) is 7.41. The number of aryl methyl sites for hydroxylation is 1. The second kappa shape index (κ2) is 5.22. The zero-order chi connectivity index (χ0) is 14.2. The first kappa shape index (κ1) is 14.5. The number of hydrogen-bond donors (Lipinski definition) is 1. The van der Waals surface area contributed by atoms with Crippen LogP contribution in [-0.4, -0.2) is 36.4 Å². The summed E-state index contributed by atoms with van der Waals surface area (Å²) in [5, 5.41) is 10.7. The predicted octanol–water partition coefficient (Wildman–Crippen LogP) is 2.32. The predicted molar refractivity (Wildman–Crippen MR) is 73.2 cm³/mol. The number of rotatable bonds is 4. The highest BCUT2D eigenvalue weighted by atomic mass is 32.2. The molecule has 0 spiro atoms. The monoisotopic (exact) mass is 303 g/mol. The zero-order valence-corrected chi connectivity index (χ0v) is 12.6. The normalized spacial score (nSPS) is 20.8. The van der Waals surface area contributed by atoms with E-state index in [-0.39, 0.29) is 15.8 Å². The molecule has 0 bridgehead atoms. The molecular weight excluding hydrogens is 286 g/mol. The maximum Gasteiger partial charge on any atom is 0.347 e. The molecule has 2 heterocycles. The molecule has 19 heavy (non-hydrogen) atoms. The number of thiophene rings is 1. The van der Waals surface area contributed by atoms with Gasteiger partial charge in [0.25, 0.3) is 0 Å². The van der Waals surface area contributed by atoms with Crippen molar-refractivity contribution in [2.45, 2.75) is 44.0 Å². The van der Waals surface area contributed by atoms with Gasteiger partial charge < -0.3 is 5.11 Å². The summed E-state index contributed by atoms with van der Waals surface area (Å²) in [5.74, 6) is -1.18. The number of carboxylic acids is 1. The van der Waals surface area contributed by atoms with Crippen molar-refractivity contribution in [1.82, 2.24) is 4.31 Å². The Hall–Kier alpha value is -0.920. The highest BCUT2D eigenvalue weighted by Crippen LogP contribution is 2.33. The summed E-state index contributed by atoms with van der Waals surface area (Å²) in [6.45, 7) is 4.08. The number of nitrogens with zero attached hydrogens (tertiary/aromatic N) is 1. The third kappa shape index (κ3) is 2.42. The summed E-state index contributed by atoms with van der Waals surface area (Å²) in [7, 11) is -3.70. The number of hydrogen-bond acceptors (Lipinski definition) is 4. The topological polar surface area (TPSA) is 74.7 Å². The summed E-state index contributed by atoms with van der Waals surface area (Å²) < 4.78 is 26.8. The van der Waals surface area contributed by atoms with Crippen molar-refractivity contribution in [1.29, 1.82) is 0 Å².